The van der Waals surface area contributed by atoms with Gasteiger partial charge in [0.05, 0.1) is 0 Å². The van der Waals surface area contributed by atoms with Gasteiger partial charge in [0.1, 0.15) is 0 Å². The molecule has 4 nitrogen and oxygen atoms in total. The van der Waals surface area contributed by atoms with Crippen LogP contribution in [0.2, 0.25) is 0 Å². The molecule has 2 N–H and O–H groups in total. The summed E-state index contributed by atoms with van der Waals surface area (Å²) in [5.74, 6) is 0. The molecule has 9 heteroatoms. The third kappa shape index (κ3) is 11.6. The maximum absolute atomic E-state index is 4.93. The normalized spacial score (nSPS) is 15.9. The molecule has 0 aliphatic heterocycles. The molecule has 124 valence electrons. The molecule has 0 amide bonds. The first-order chi connectivity index (χ1) is 10.7. The fourth-order valence-electron chi connectivity index (χ4n) is 2.13. The Kier molecular flexibility index (Phi) is 15.0. The Morgan fingerprint density at radius 3 is 1.35 bits per heavy atom. The number of hydrogen-bond acceptors (Lipinski definition) is 6. The summed E-state index contributed by atoms with van der Waals surface area (Å²) in [6.07, 6.45) is 13.6. The molecule has 0 atom stereocenters. The molecule has 0 spiro atoms. The third-order valence-corrected chi connectivity index (χ3v) is 5.45. The van der Waals surface area contributed by atoms with Crippen LogP contribution in [0.25, 0.3) is 0 Å². The minimum Gasteiger partial charge on any atom is -0.262 e. The maximum Gasteiger partial charge on any atom is 2.00 e. The average Bonchev–Trinajstić information content (AvgIpc) is 3.24. The van der Waals surface area contributed by atoms with E-state index in [1.165, 1.54) is 60.6 Å². The molecule has 0 unspecified atom stereocenters. The Morgan fingerprint density at radius 1 is 0.783 bits per heavy atom. The minimum atomic E-state index is 0. The first-order valence-electron chi connectivity index (χ1n) is 7.44. The zero-order valence-electron chi connectivity index (χ0n) is 13.9. The second-order valence-electron chi connectivity index (χ2n) is 4.98. The van der Waals surface area contributed by atoms with E-state index in [1.807, 2.05) is 12.5 Å². The van der Waals surface area contributed by atoms with Crippen molar-refractivity contribution in [3.8, 4) is 0 Å². The van der Waals surface area contributed by atoms with Crippen molar-refractivity contribution in [1.29, 1.82) is 0 Å². The van der Waals surface area contributed by atoms with Crippen molar-refractivity contribution < 1.29 is 19.5 Å². The van der Waals surface area contributed by atoms with Gasteiger partial charge in [-0.25, -0.2) is 0 Å². The zero-order valence-corrected chi connectivity index (χ0v) is 20.1. The van der Waals surface area contributed by atoms with Crippen LogP contribution >= 0.6 is 48.0 Å². The quantitative estimate of drug-likeness (QED) is 0.378. The molecule has 0 saturated heterocycles. The van der Waals surface area contributed by atoms with Crippen LogP contribution in [-0.2, 0) is 19.5 Å². The molecule has 0 heterocycles. The molecule has 0 aromatic carbocycles. The summed E-state index contributed by atoms with van der Waals surface area (Å²) in [5.41, 5.74) is 8.24. The fraction of sp³-hybridized carbons (Fsp3) is 0.714. The van der Waals surface area contributed by atoms with Crippen molar-refractivity contribution >= 4 is 68.0 Å². The number of rotatable bonds is 2. The van der Waals surface area contributed by atoms with Crippen molar-refractivity contribution in [3.05, 3.63) is 0 Å². The van der Waals surface area contributed by atoms with Gasteiger partial charge in [-0.1, -0.05) is 48.0 Å². The Morgan fingerprint density at radius 2 is 1.09 bits per heavy atom. The van der Waals surface area contributed by atoms with Gasteiger partial charge < -0.3 is 0 Å². The number of hydrogen-bond donors (Lipinski definition) is 2. The summed E-state index contributed by atoms with van der Waals surface area (Å²) in [7, 11) is 0. The largest absolute Gasteiger partial charge is 2.00 e. The Balaban J connectivity index is 0.000000403. The number of nitrogens with one attached hydrogen (secondary N) is 2. The van der Waals surface area contributed by atoms with Crippen molar-refractivity contribution in [2.45, 2.75) is 51.4 Å². The first kappa shape index (κ1) is 23.4. The van der Waals surface area contributed by atoms with E-state index in [-0.39, 0.29) is 19.5 Å². The summed E-state index contributed by atoms with van der Waals surface area (Å²) in [6, 6.07) is 0. The molecule has 2 fully saturated rings. The van der Waals surface area contributed by atoms with Gasteiger partial charge in [-0.05, 0) is 63.9 Å². The van der Waals surface area contributed by atoms with E-state index in [4.69, 9.17) is 24.4 Å². The van der Waals surface area contributed by atoms with E-state index in [1.54, 1.807) is 0 Å². The SMILES string of the molecule is CSC(=S)NN=C1CCCC1.CSC(=S)NN=C1CCCC1.[Zn+2]. The smallest absolute Gasteiger partial charge is 0.262 e. The van der Waals surface area contributed by atoms with Gasteiger partial charge in [0, 0.05) is 11.4 Å². The van der Waals surface area contributed by atoms with Crippen LogP contribution in [0.3, 0.4) is 0 Å². The van der Waals surface area contributed by atoms with Crippen molar-refractivity contribution in [2.24, 2.45) is 10.2 Å². The standard InChI is InChI=1S/2C7H12N2S2.Zn/c2*1-11-7(10)9-8-6-4-2-3-5-6;/h2*2-5H2,1H3,(H,9,10);/q;;+2. The second-order valence-corrected chi connectivity index (χ2v) is 7.94. The van der Waals surface area contributed by atoms with Gasteiger partial charge >= 0.3 is 19.5 Å². The van der Waals surface area contributed by atoms with Crippen LogP contribution in [-0.4, -0.2) is 32.6 Å². The second kappa shape index (κ2) is 14.8. The summed E-state index contributed by atoms with van der Waals surface area (Å²) in [6.45, 7) is 0. The fourth-order valence-corrected chi connectivity index (χ4v) is 2.50. The summed E-state index contributed by atoms with van der Waals surface area (Å²) >= 11 is 12.9. The summed E-state index contributed by atoms with van der Waals surface area (Å²) < 4.78 is 1.51. The van der Waals surface area contributed by atoms with Crippen LogP contribution in [0.1, 0.15) is 51.4 Å². The van der Waals surface area contributed by atoms with E-state index in [9.17, 15) is 0 Å². The number of hydrazone groups is 2. The van der Waals surface area contributed by atoms with E-state index in [2.05, 4.69) is 21.1 Å². The molecule has 0 bridgehead atoms. The molecule has 2 aliphatic rings. The van der Waals surface area contributed by atoms with Crippen LogP contribution in [0.15, 0.2) is 10.2 Å². The molecule has 2 saturated carbocycles. The summed E-state index contributed by atoms with van der Waals surface area (Å²) in [4.78, 5) is 0. The van der Waals surface area contributed by atoms with Crippen LogP contribution in [0, 0.1) is 0 Å². The van der Waals surface area contributed by atoms with Crippen molar-refractivity contribution in [3.63, 3.8) is 0 Å². The average molecular weight is 442 g/mol. The van der Waals surface area contributed by atoms with Crippen molar-refractivity contribution in [1.82, 2.24) is 10.9 Å². The maximum atomic E-state index is 4.93. The minimum absolute atomic E-state index is 0. The monoisotopic (exact) mass is 440 g/mol. The van der Waals surface area contributed by atoms with Gasteiger partial charge in [0.2, 0.25) is 0 Å². The van der Waals surface area contributed by atoms with Crippen LogP contribution in [0.5, 0.6) is 0 Å². The first-order valence-corrected chi connectivity index (χ1v) is 10.7. The number of thioether (sulfide) groups is 2. The van der Waals surface area contributed by atoms with Crippen LogP contribution < -0.4 is 10.9 Å². The molecule has 2 aliphatic carbocycles. The number of nitrogens with zero attached hydrogens (tertiary/aromatic N) is 2. The number of thiocarbonyl (C=S) groups is 2. The Bertz CT molecular complexity index is 384. The molecule has 0 aromatic heterocycles. The van der Waals surface area contributed by atoms with Crippen molar-refractivity contribution in [2.75, 3.05) is 12.5 Å². The predicted octanol–water partition coefficient (Wildman–Crippen LogP) is 4.31. The van der Waals surface area contributed by atoms with Gasteiger partial charge in [-0.2, -0.15) is 10.2 Å². The molecule has 0 radical (unpaired) electrons. The van der Waals surface area contributed by atoms with E-state index in [0.29, 0.717) is 0 Å². The zero-order chi connectivity index (χ0) is 16.2. The Hall–Kier alpha value is 0.443. The van der Waals surface area contributed by atoms with Crippen LogP contribution in [0.4, 0.5) is 0 Å². The topological polar surface area (TPSA) is 48.8 Å². The van der Waals surface area contributed by atoms with Gasteiger partial charge in [-0.15, -0.1) is 0 Å². The Labute approximate surface area is 171 Å². The molecule has 2 rings (SSSR count). The molecular weight excluding hydrogens is 418 g/mol. The molecule has 23 heavy (non-hydrogen) atoms. The van der Waals surface area contributed by atoms with E-state index in [0.717, 1.165) is 34.3 Å². The summed E-state index contributed by atoms with van der Waals surface area (Å²) in [5, 5.41) is 8.40. The van der Waals surface area contributed by atoms with E-state index < -0.39 is 0 Å². The van der Waals surface area contributed by atoms with Gasteiger partial charge in [0.15, 0.2) is 8.64 Å². The third-order valence-electron chi connectivity index (χ3n) is 3.34. The van der Waals surface area contributed by atoms with E-state index >= 15 is 0 Å². The molecular formula is C14H24N4S4Zn+2. The van der Waals surface area contributed by atoms with Gasteiger partial charge in [-0.3, -0.25) is 10.9 Å². The van der Waals surface area contributed by atoms with Gasteiger partial charge in [0.25, 0.3) is 0 Å². The predicted molar refractivity (Wildman–Crippen MR) is 110 cm³/mol. The molecule has 0 aromatic rings.